The number of nitrogen functional groups attached to an aromatic ring is 1. The molecule has 0 saturated carbocycles. The van der Waals surface area contributed by atoms with Crippen molar-refractivity contribution >= 4 is 5.95 Å². The highest BCUT2D eigenvalue weighted by Gasteiger charge is 2.11. The molecule has 3 heterocycles. The largest absolute Gasteiger partial charge is 0.368 e. The zero-order valence-corrected chi connectivity index (χ0v) is 14.2. The number of benzene rings is 1. The Labute approximate surface area is 150 Å². The Bertz CT molecular complexity index is 1040. The smallest absolute Gasteiger partial charge is 0.221 e. The highest BCUT2D eigenvalue weighted by molar-refractivity contribution is 5.67. The van der Waals surface area contributed by atoms with Crippen LogP contribution in [0.3, 0.4) is 0 Å². The zero-order valence-electron chi connectivity index (χ0n) is 14.2. The summed E-state index contributed by atoms with van der Waals surface area (Å²) in [5.41, 5.74) is 11.0. The van der Waals surface area contributed by atoms with Gasteiger partial charge in [0.05, 0.1) is 29.8 Å². The van der Waals surface area contributed by atoms with E-state index in [0.717, 1.165) is 22.5 Å². The molecule has 0 aliphatic carbocycles. The minimum Gasteiger partial charge on any atom is -0.368 e. The van der Waals surface area contributed by atoms with E-state index in [0.29, 0.717) is 17.9 Å². The van der Waals surface area contributed by atoms with Crippen molar-refractivity contribution in [3.05, 3.63) is 72.2 Å². The highest BCUT2D eigenvalue weighted by atomic mass is 15.4. The molecular weight excluding hydrogens is 326 g/mol. The first-order chi connectivity index (χ1) is 12.7. The Morgan fingerprint density at radius 2 is 1.85 bits per heavy atom. The summed E-state index contributed by atoms with van der Waals surface area (Å²) in [5.74, 6) is 0.207. The Balaban J connectivity index is 1.66. The van der Waals surface area contributed by atoms with E-state index in [1.807, 2.05) is 55.6 Å². The number of aromatic nitrogens is 6. The monoisotopic (exact) mass is 343 g/mol. The lowest BCUT2D eigenvalue weighted by atomic mass is 10.1. The van der Waals surface area contributed by atoms with Gasteiger partial charge in [0.1, 0.15) is 5.69 Å². The molecule has 4 rings (SSSR count). The van der Waals surface area contributed by atoms with Gasteiger partial charge in [-0.25, -0.2) is 14.6 Å². The van der Waals surface area contributed by atoms with Gasteiger partial charge in [-0.15, -0.1) is 5.10 Å². The standard InChI is InChI=1S/C19H17N7/c1-13-5-4-6-14(9-13)16-10-17(23-19(20)22-16)18-12-26(25-24-18)11-15-7-2-3-8-21-15/h2-10,12H,11H2,1H3,(H2,20,22,23). The summed E-state index contributed by atoms with van der Waals surface area (Å²) in [5, 5.41) is 8.37. The van der Waals surface area contributed by atoms with Crippen molar-refractivity contribution in [1.82, 2.24) is 29.9 Å². The molecule has 4 aromatic rings. The van der Waals surface area contributed by atoms with E-state index in [-0.39, 0.29) is 5.95 Å². The molecule has 0 aliphatic rings. The Morgan fingerprint density at radius 1 is 0.962 bits per heavy atom. The van der Waals surface area contributed by atoms with Crippen LogP contribution in [0.5, 0.6) is 0 Å². The van der Waals surface area contributed by atoms with E-state index in [4.69, 9.17) is 5.73 Å². The van der Waals surface area contributed by atoms with Gasteiger partial charge in [0.2, 0.25) is 5.95 Å². The fraction of sp³-hybridized carbons (Fsp3) is 0.105. The van der Waals surface area contributed by atoms with E-state index < -0.39 is 0 Å². The fourth-order valence-electron chi connectivity index (χ4n) is 2.70. The summed E-state index contributed by atoms with van der Waals surface area (Å²) >= 11 is 0. The third-order valence-corrected chi connectivity index (χ3v) is 3.91. The molecule has 0 fully saturated rings. The van der Waals surface area contributed by atoms with Crippen LogP contribution in [0.4, 0.5) is 5.95 Å². The molecule has 0 spiro atoms. The second-order valence-electron chi connectivity index (χ2n) is 5.99. The zero-order chi connectivity index (χ0) is 17.9. The van der Waals surface area contributed by atoms with E-state index in [1.165, 1.54) is 0 Å². The molecule has 0 aliphatic heterocycles. The molecule has 0 amide bonds. The van der Waals surface area contributed by atoms with E-state index in [1.54, 1.807) is 10.9 Å². The van der Waals surface area contributed by atoms with Crippen LogP contribution < -0.4 is 5.73 Å². The van der Waals surface area contributed by atoms with Crippen LogP contribution in [-0.4, -0.2) is 29.9 Å². The van der Waals surface area contributed by atoms with Gasteiger partial charge in [-0.1, -0.05) is 35.0 Å². The predicted molar refractivity (Wildman–Crippen MR) is 99.0 cm³/mol. The topological polar surface area (TPSA) is 95.4 Å². The lowest BCUT2D eigenvalue weighted by Gasteiger charge is -2.05. The maximum absolute atomic E-state index is 5.92. The second kappa shape index (κ2) is 6.72. The predicted octanol–water partition coefficient (Wildman–Crippen LogP) is 2.74. The number of nitrogens with zero attached hydrogens (tertiary/aromatic N) is 6. The van der Waals surface area contributed by atoms with Gasteiger partial charge in [0.25, 0.3) is 0 Å². The normalized spacial score (nSPS) is 10.8. The van der Waals surface area contributed by atoms with Crippen molar-refractivity contribution in [1.29, 1.82) is 0 Å². The van der Waals surface area contributed by atoms with Crippen LogP contribution >= 0.6 is 0 Å². The minimum absolute atomic E-state index is 0.207. The van der Waals surface area contributed by atoms with Crippen molar-refractivity contribution in [3.8, 4) is 22.6 Å². The maximum Gasteiger partial charge on any atom is 0.221 e. The van der Waals surface area contributed by atoms with Crippen LogP contribution in [0.2, 0.25) is 0 Å². The third-order valence-electron chi connectivity index (χ3n) is 3.91. The van der Waals surface area contributed by atoms with Gasteiger partial charge < -0.3 is 5.73 Å². The molecule has 2 N–H and O–H groups in total. The summed E-state index contributed by atoms with van der Waals surface area (Å²) in [4.78, 5) is 13.0. The van der Waals surface area contributed by atoms with Gasteiger partial charge in [0.15, 0.2) is 0 Å². The molecule has 0 saturated heterocycles. The van der Waals surface area contributed by atoms with Gasteiger partial charge in [-0.05, 0) is 31.2 Å². The summed E-state index contributed by atoms with van der Waals surface area (Å²) in [7, 11) is 0. The quantitative estimate of drug-likeness (QED) is 0.612. The van der Waals surface area contributed by atoms with Crippen LogP contribution in [0, 0.1) is 6.92 Å². The van der Waals surface area contributed by atoms with Crippen molar-refractivity contribution in [2.24, 2.45) is 0 Å². The number of anilines is 1. The summed E-state index contributed by atoms with van der Waals surface area (Å²) < 4.78 is 1.72. The molecule has 3 aromatic heterocycles. The lowest BCUT2D eigenvalue weighted by molar-refractivity contribution is 0.639. The van der Waals surface area contributed by atoms with Gasteiger partial charge >= 0.3 is 0 Å². The van der Waals surface area contributed by atoms with Crippen molar-refractivity contribution in [3.63, 3.8) is 0 Å². The Hall–Kier alpha value is -3.61. The number of hydrogen-bond donors (Lipinski definition) is 1. The van der Waals surface area contributed by atoms with Crippen LogP contribution in [-0.2, 0) is 6.54 Å². The molecule has 7 nitrogen and oxygen atoms in total. The molecule has 0 radical (unpaired) electrons. The van der Waals surface area contributed by atoms with Crippen LogP contribution in [0.25, 0.3) is 22.6 Å². The number of pyridine rings is 1. The second-order valence-corrected chi connectivity index (χ2v) is 5.99. The Kier molecular flexibility index (Phi) is 4.10. The fourth-order valence-corrected chi connectivity index (χ4v) is 2.70. The summed E-state index contributed by atoms with van der Waals surface area (Å²) in [6.07, 6.45) is 3.59. The first-order valence-corrected chi connectivity index (χ1v) is 8.19. The summed E-state index contributed by atoms with van der Waals surface area (Å²) in [6, 6.07) is 15.7. The highest BCUT2D eigenvalue weighted by Crippen LogP contribution is 2.24. The number of aryl methyl sites for hydroxylation is 1. The Morgan fingerprint density at radius 3 is 2.65 bits per heavy atom. The van der Waals surface area contributed by atoms with E-state index in [9.17, 15) is 0 Å². The SMILES string of the molecule is Cc1cccc(-c2cc(-c3cn(Cc4ccccn4)nn3)nc(N)n2)c1. The molecule has 0 bridgehead atoms. The molecule has 7 heteroatoms. The van der Waals surface area contributed by atoms with Crippen molar-refractivity contribution in [2.45, 2.75) is 13.5 Å². The molecule has 26 heavy (non-hydrogen) atoms. The minimum atomic E-state index is 0.207. The molecule has 0 unspecified atom stereocenters. The van der Waals surface area contributed by atoms with Crippen LogP contribution in [0.15, 0.2) is 60.9 Å². The first-order valence-electron chi connectivity index (χ1n) is 8.19. The van der Waals surface area contributed by atoms with Gasteiger partial charge in [-0.3, -0.25) is 4.98 Å². The molecule has 1 aromatic carbocycles. The number of nitrogens with two attached hydrogens (primary N) is 1. The molecule has 128 valence electrons. The average Bonchev–Trinajstić information content (AvgIpc) is 3.11. The van der Waals surface area contributed by atoms with E-state index >= 15 is 0 Å². The first kappa shape index (κ1) is 15.9. The average molecular weight is 343 g/mol. The summed E-state index contributed by atoms with van der Waals surface area (Å²) in [6.45, 7) is 2.58. The molecular formula is C19H17N7. The number of hydrogen-bond acceptors (Lipinski definition) is 6. The third kappa shape index (κ3) is 3.41. The van der Waals surface area contributed by atoms with E-state index in [2.05, 4.69) is 31.3 Å². The lowest BCUT2D eigenvalue weighted by Crippen LogP contribution is -2.01. The van der Waals surface area contributed by atoms with Gasteiger partial charge in [-0.2, -0.15) is 0 Å². The van der Waals surface area contributed by atoms with Crippen molar-refractivity contribution in [2.75, 3.05) is 5.73 Å². The van der Waals surface area contributed by atoms with Gasteiger partial charge in [0, 0.05) is 11.8 Å². The maximum atomic E-state index is 5.92. The number of rotatable bonds is 4. The van der Waals surface area contributed by atoms with Crippen molar-refractivity contribution < 1.29 is 0 Å². The molecule has 0 atom stereocenters. The van der Waals surface area contributed by atoms with Crippen LogP contribution in [0.1, 0.15) is 11.3 Å².